The van der Waals surface area contributed by atoms with Crippen LogP contribution in [0.5, 0.6) is 0 Å². The molecule has 2 saturated heterocycles. The molecule has 0 spiro atoms. The van der Waals surface area contributed by atoms with E-state index in [9.17, 15) is 14.9 Å². The molecule has 2 fully saturated rings. The van der Waals surface area contributed by atoms with Crippen molar-refractivity contribution in [3.8, 4) is 6.07 Å². The van der Waals surface area contributed by atoms with Crippen molar-refractivity contribution in [3.63, 3.8) is 0 Å². The highest BCUT2D eigenvalue weighted by atomic mass is 32.2. The van der Waals surface area contributed by atoms with Crippen molar-refractivity contribution < 1.29 is 4.79 Å². The van der Waals surface area contributed by atoms with Crippen LogP contribution in [0, 0.1) is 18.3 Å². The molecular formula is C26H29N5O2S2. The Bertz CT molecular complexity index is 1270. The van der Waals surface area contributed by atoms with Gasteiger partial charge in [0.15, 0.2) is 0 Å². The Morgan fingerprint density at radius 2 is 1.74 bits per heavy atom. The monoisotopic (exact) mass is 507 g/mol. The Morgan fingerprint density at radius 1 is 1.09 bits per heavy atom. The zero-order valence-electron chi connectivity index (χ0n) is 20.3. The number of piperazine rings is 1. The average molecular weight is 508 g/mol. The Morgan fingerprint density at radius 3 is 2.34 bits per heavy atom. The molecule has 0 unspecified atom stereocenters. The van der Waals surface area contributed by atoms with Gasteiger partial charge in [-0.25, -0.2) is 0 Å². The molecule has 182 valence electrons. The van der Waals surface area contributed by atoms with Crippen LogP contribution in [0.2, 0.25) is 0 Å². The third-order valence-corrected chi connectivity index (χ3v) is 7.84. The summed E-state index contributed by atoms with van der Waals surface area (Å²) in [6.07, 6.45) is 2.64. The molecule has 0 N–H and O–H groups in total. The molecule has 1 amide bonds. The van der Waals surface area contributed by atoms with Crippen LogP contribution >= 0.6 is 24.0 Å². The number of thiocarbonyl (C=S) groups is 1. The lowest BCUT2D eigenvalue weighted by Crippen LogP contribution is -2.48. The van der Waals surface area contributed by atoms with E-state index in [4.69, 9.17) is 12.2 Å². The third kappa shape index (κ3) is 4.73. The highest BCUT2D eigenvalue weighted by molar-refractivity contribution is 8.26. The van der Waals surface area contributed by atoms with Crippen LogP contribution < -0.4 is 15.4 Å². The molecule has 3 heterocycles. The zero-order valence-corrected chi connectivity index (χ0v) is 21.9. The molecule has 2 aliphatic heterocycles. The quantitative estimate of drug-likeness (QED) is 0.432. The molecule has 0 radical (unpaired) electrons. The minimum atomic E-state index is -0.288. The van der Waals surface area contributed by atoms with Gasteiger partial charge in [0.25, 0.3) is 11.5 Å². The largest absolute Gasteiger partial charge is 0.368 e. The van der Waals surface area contributed by atoms with E-state index in [-0.39, 0.29) is 17.0 Å². The number of rotatable bonds is 6. The molecule has 0 atom stereocenters. The maximum Gasteiger partial charge on any atom is 0.270 e. The summed E-state index contributed by atoms with van der Waals surface area (Å²) in [6, 6.07) is 12.4. The van der Waals surface area contributed by atoms with Gasteiger partial charge in [-0.05, 0) is 44.0 Å². The number of benzene rings is 1. The van der Waals surface area contributed by atoms with E-state index in [1.54, 1.807) is 16.4 Å². The number of pyridine rings is 1. The maximum atomic E-state index is 13.2. The first kappa shape index (κ1) is 25.0. The summed E-state index contributed by atoms with van der Waals surface area (Å²) in [5, 5.41) is 9.77. The van der Waals surface area contributed by atoms with Gasteiger partial charge in [-0.3, -0.25) is 19.1 Å². The van der Waals surface area contributed by atoms with E-state index >= 15 is 0 Å². The van der Waals surface area contributed by atoms with Crippen molar-refractivity contribution >= 4 is 51.8 Å². The minimum Gasteiger partial charge on any atom is -0.368 e. The lowest BCUT2D eigenvalue weighted by Gasteiger charge is -2.39. The fourth-order valence-corrected chi connectivity index (χ4v) is 5.93. The molecule has 7 nitrogen and oxygen atoms in total. The second-order valence-electron chi connectivity index (χ2n) is 8.54. The second-order valence-corrected chi connectivity index (χ2v) is 10.2. The fourth-order valence-electron chi connectivity index (χ4n) is 4.64. The van der Waals surface area contributed by atoms with Crippen molar-refractivity contribution in [3.05, 3.63) is 62.3 Å². The summed E-state index contributed by atoms with van der Waals surface area (Å²) in [6.45, 7) is 9.77. The van der Waals surface area contributed by atoms with Gasteiger partial charge in [0.2, 0.25) is 0 Å². The lowest BCUT2D eigenvalue weighted by molar-refractivity contribution is -0.122. The Balaban J connectivity index is 1.77. The summed E-state index contributed by atoms with van der Waals surface area (Å²) in [5.74, 6) is 0.649. The van der Waals surface area contributed by atoms with Crippen LogP contribution in [0.3, 0.4) is 0 Å². The van der Waals surface area contributed by atoms with Crippen molar-refractivity contribution in [2.24, 2.45) is 0 Å². The predicted molar refractivity (Wildman–Crippen MR) is 147 cm³/mol. The van der Waals surface area contributed by atoms with Gasteiger partial charge in [0.05, 0.1) is 4.91 Å². The van der Waals surface area contributed by atoms with E-state index in [0.29, 0.717) is 27.9 Å². The third-order valence-electron chi connectivity index (χ3n) is 6.46. The summed E-state index contributed by atoms with van der Waals surface area (Å²) in [4.78, 5) is 33.0. The Kier molecular flexibility index (Phi) is 7.63. The topological polar surface area (TPSA) is 72.6 Å². The van der Waals surface area contributed by atoms with Gasteiger partial charge >= 0.3 is 0 Å². The molecular weight excluding hydrogens is 478 g/mol. The molecule has 0 saturated carbocycles. The molecule has 1 aromatic carbocycles. The number of amides is 1. The second kappa shape index (κ2) is 10.7. The van der Waals surface area contributed by atoms with Gasteiger partial charge in [-0.15, -0.1) is 0 Å². The van der Waals surface area contributed by atoms with Crippen LogP contribution in [0.25, 0.3) is 6.08 Å². The van der Waals surface area contributed by atoms with Gasteiger partial charge in [0, 0.05) is 50.5 Å². The minimum absolute atomic E-state index is 0.117. The number of carbonyl (C=O) groups excluding carboxylic acids is 1. The molecule has 9 heteroatoms. The normalized spacial score (nSPS) is 17.4. The molecule has 0 aliphatic carbocycles. The standard InChI is InChI=1S/C26H29N5O2S2/c1-4-11-31-25(33)22(35-26(31)34)16-20-18(3)21(17-27)24(32)30(5-2)23(20)29-14-12-28(13-15-29)19-9-7-6-8-10-19/h6-10,16H,4-5,11-15H2,1-3H3. The van der Waals surface area contributed by atoms with Crippen molar-refractivity contribution in [2.45, 2.75) is 33.7 Å². The summed E-state index contributed by atoms with van der Waals surface area (Å²) in [7, 11) is 0. The van der Waals surface area contributed by atoms with Crippen molar-refractivity contribution in [2.75, 3.05) is 42.5 Å². The van der Waals surface area contributed by atoms with E-state index < -0.39 is 0 Å². The first-order valence-electron chi connectivity index (χ1n) is 11.9. The number of aromatic nitrogens is 1. The van der Waals surface area contributed by atoms with Gasteiger partial charge < -0.3 is 9.80 Å². The number of hydrogen-bond acceptors (Lipinski definition) is 7. The fraction of sp³-hybridized carbons (Fsp3) is 0.385. The van der Waals surface area contributed by atoms with E-state index in [1.807, 2.05) is 38.1 Å². The zero-order chi connectivity index (χ0) is 25.1. The highest BCUT2D eigenvalue weighted by Crippen LogP contribution is 2.36. The van der Waals surface area contributed by atoms with E-state index in [2.05, 4.69) is 28.0 Å². The SMILES string of the molecule is CCCN1C(=O)C(=Cc2c(C)c(C#N)c(=O)n(CC)c2N2CCN(c3ccccc3)CC2)SC1=S. The summed E-state index contributed by atoms with van der Waals surface area (Å²) >= 11 is 6.73. The van der Waals surface area contributed by atoms with Crippen LogP contribution in [0.15, 0.2) is 40.0 Å². The average Bonchev–Trinajstić information content (AvgIpc) is 3.14. The van der Waals surface area contributed by atoms with Crippen LogP contribution in [0.4, 0.5) is 11.5 Å². The molecule has 4 rings (SSSR count). The summed E-state index contributed by atoms with van der Waals surface area (Å²) < 4.78 is 2.21. The number of hydrogen-bond donors (Lipinski definition) is 0. The number of anilines is 2. The molecule has 35 heavy (non-hydrogen) atoms. The molecule has 2 aliphatic rings. The summed E-state index contributed by atoms with van der Waals surface area (Å²) in [5.41, 5.74) is 2.35. The molecule has 1 aromatic heterocycles. The smallest absolute Gasteiger partial charge is 0.270 e. The first-order chi connectivity index (χ1) is 16.9. The Labute approximate surface area is 215 Å². The van der Waals surface area contributed by atoms with Crippen LogP contribution in [0.1, 0.15) is 37.0 Å². The van der Waals surface area contributed by atoms with Crippen LogP contribution in [-0.2, 0) is 11.3 Å². The molecule has 0 bridgehead atoms. The van der Waals surface area contributed by atoms with Gasteiger partial charge in [-0.1, -0.05) is 49.1 Å². The molecule has 2 aromatic rings. The lowest BCUT2D eigenvalue weighted by atomic mass is 10.0. The van der Waals surface area contributed by atoms with E-state index in [1.165, 1.54) is 17.4 Å². The highest BCUT2D eigenvalue weighted by Gasteiger charge is 2.33. The van der Waals surface area contributed by atoms with E-state index in [0.717, 1.165) is 44.0 Å². The maximum absolute atomic E-state index is 13.2. The number of carbonyl (C=O) groups is 1. The predicted octanol–water partition coefficient (Wildman–Crippen LogP) is 3.99. The van der Waals surface area contributed by atoms with Crippen molar-refractivity contribution in [1.29, 1.82) is 5.26 Å². The van der Waals surface area contributed by atoms with Crippen molar-refractivity contribution in [1.82, 2.24) is 9.47 Å². The number of nitrogens with zero attached hydrogens (tertiary/aromatic N) is 5. The number of para-hydroxylation sites is 1. The van der Waals surface area contributed by atoms with Crippen LogP contribution in [-0.4, -0.2) is 52.4 Å². The van der Waals surface area contributed by atoms with Gasteiger partial charge in [0.1, 0.15) is 21.8 Å². The number of nitriles is 1. The first-order valence-corrected chi connectivity index (χ1v) is 13.1. The van der Waals surface area contributed by atoms with Gasteiger partial charge in [-0.2, -0.15) is 5.26 Å². The number of thioether (sulfide) groups is 1. The Hall–Kier alpha value is -3.09.